The molecule has 0 unspecified atom stereocenters. The van der Waals surface area contributed by atoms with Gasteiger partial charge < -0.3 is 29.9 Å². The molecule has 0 bridgehead atoms. The molecule has 2 N–H and O–H groups in total. The summed E-state index contributed by atoms with van der Waals surface area (Å²) in [6.45, 7) is 38.2. The highest BCUT2D eigenvalue weighted by Crippen LogP contribution is 2.31. The summed E-state index contributed by atoms with van der Waals surface area (Å²) >= 11 is 0. The van der Waals surface area contributed by atoms with Crippen molar-refractivity contribution in [2.45, 2.75) is 120 Å². The zero-order valence-electron chi connectivity index (χ0n) is 28.3. The van der Waals surface area contributed by atoms with Gasteiger partial charge in [0.2, 0.25) is 0 Å². The Morgan fingerprint density at radius 1 is 0.667 bits per heavy atom. The highest BCUT2D eigenvalue weighted by atomic mass is 16.5. The number of hydrogen-bond donors (Lipinski definition) is 2. The van der Waals surface area contributed by atoms with Crippen LogP contribution in [-0.2, 0) is 9.47 Å². The lowest BCUT2D eigenvalue weighted by Crippen LogP contribution is -2.48. The molecule has 1 atom stereocenters. The summed E-state index contributed by atoms with van der Waals surface area (Å²) in [6.07, 6.45) is 6.02. The summed E-state index contributed by atoms with van der Waals surface area (Å²) in [7, 11) is 0. The molecule has 0 aromatic rings. The summed E-state index contributed by atoms with van der Waals surface area (Å²) in [6, 6.07) is 0. The van der Waals surface area contributed by atoms with Crippen molar-refractivity contribution in [2.24, 2.45) is 16.2 Å². The molecular formula is C33H70N4O2. The number of nitrogens with zero attached hydrogens (tertiary/aromatic N) is 2. The summed E-state index contributed by atoms with van der Waals surface area (Å²) in [5.74, 6) is 0. The third-order valence-corrected chi connectivity index (χ3v) is 8.27. The monoisotopic (exact) mass is 555 g/mol. The Kier molecular flexibility index (Phi) is 16.7. The van der Waals surface area contributed by atoms with E-state index in [1.165, 1.54) is 52.1 Å². The van der Waals surface area contributed by atoms with Crippen LogP contribution < -0.4 is 10.6 Å². The predicted molar refractivity (Wildman–Crippen MR) is 170 cm³/mol. The number of rotatable bonds is 20. The number of ether oxygens (including phenoxy) is 2. The van der Waals surface area contributed by atoms with Gasteiger partial charge in [-0.15, -0.1) is 0 Å². The van der Waals surface area contributed by atoms with Crippen molar-refractivity contribution < 1.29 is 9.47 Å². The highest BCUT2D eigenvalue weighted by molar-refractivity contribution is 4.84. The SMILES string of the molecule is C[C@@H](OCCCOCCNCC(C)(C)C)C(C)(C)CCC(C)(C)NCCCN1CCN(CCC(C)(C)C)CC1. The summed E-state index contributed by atoms with van der Waals surface area (Å²) in [4.78, 5) is 5.30. The van der Waals surface area contributed by atoms with Crippen molar-refractivity contribution in [1.82, 2.24) is 20.4 Å². The molecule has 1 rings (SSSR count). The average Bonchev–Trinajstić information content (AvgIpc) is 2.82. The van der Waals surface area contributed by atoms with Crippen molar-refractivity contribution in [3.05, 3.63) is 0 Å². The minimum Gasteiger partial charge on any atom is -0.380 e. The van der Waals surface area contributed by atoms with Crippen molar-refractivity contribution in [3.8, 4) is 0 Å². The van der Waals surface area contributed by atoms with Crippen LogP contribution in [0.5, 0.6) is 0 Å². The fourth-order valence-corrected chi connectivity index (χ4v) is 4.74. The average molecular weight is 555 g/mol. The Hall–Kier alpha value is -0.240. The Labute approximate surface area is 244 Å². The van der Waals surface area contributed by atoms with Crippen LogP contribution in [0.1, 0.15) is 108 Å². The fraction of sp³-hybridized carbons (Fsp3) is 1.00. The van der Waals surface area contributed by atoms with Crippen molar-refractivity contribution in [2.75, 3.05) is 78.7 Å². The zero-order valence-corrected chi connectivity index (χ0v) is 28.3. The van der Waals surface area contributed by atoms with Crippen LogP contribution in [0.25, 0.3) is 0 Å². The fourth-order valence-electron chi connectivity index (χ4n) is 4.74. The first-order valence-electron chi connectivity index (χ1n) is 16.1. The highest BCUT2D eigenvalue weighted by Gasteiger charge is 2.29. The Balaban J connectivity index is 2.12. The van der Waals surface area contributed by atoms with Crippen molar-refractivity contribution in [3.63, 3.8) is 0 Å². The molecule has 0 aliphatic carbocycles. The molecule has 1 saturated heterocycles. The van der Waals surface area contributed by atoms with Gasteiger partial charge in [0.1, 0.15) is 0 Å². The van der Waals surface area contributed by atoms with Gasteiger partial charge in [0.15, 0.2) is 0 Å². The minimum atomic E-state index is 0.150. The zero-order chi connectivity index (χ0) is 29.6. The van der Waals surface area contributed by atoms with E-state index in [2.05, 4.69) is 96.6 Å². The molecule has 1 fully saturated rings. The lowest BCUT2D eigenvalue weighted by Gasteiger charge is -2.37. The van der Waals surface area contributed by atoms with E-state index in [-0.39, 0.29) is 17.1 Å². The van der Waals surface area contributed by atoms with Gasteiger partial charge in [0.05, 0.1) is 12.7 Å². The number of nitrogens with one attached hydrogen (secondary N) is 2. The Morgan fingerprint density at radius 2 is 1.28 bits per heavy atom. The largest absolute Gasteiger partial charge is 0.380 e. The Bertz CT molecular complexity index is 616. The second-order valence-electron chi connectivity index (χ2n) is 15.9. The molecule has 0 saturated carbocycles. The van der Waals surface area contributed by atoms with Gasteiger partial charge in [-0.25, -0.2) is 0 Å². The maximum atomic E-state index is 6.22. The first-order chi connectivity index (χ1) is 18.0. The van der Waals surface area contributed by atoms with Gasteiger partial charge in [-0.05, 0) is 88.8 Å². The summed E-state index contributed by atoms with van der Waals surface area (Å²) < 4.78 is 12.0. The van der Waals surface area contributed by atoms with E-state index >= 15 is 0 Å². The third-order valence-electron chi connectivity index (χ3n) is 8.27. The Morgan fingerprint density at radius 3 is 1.87 bits per heavy atom. The van der Waals surface area contributed by atoms with Crippen molar-refractivity contribution >= 4 is 0 Å². The van der Waals surface area contributed by atoms with Crippen LogP contribution in [-0.4, -0.2) is 100 Å². The molecule has 234 valence electrons. The summed E-state index contributed by atoms with van der Waals surface area (Å²) in [5, 5.41) is 7.30. The van der Waals surface area contributed by atoms with E-state index < -0.39 is 0 Å². The molecule has 6 nitrogen and oxygen atoms in total. The van der Waals surface area contributed by atoms with Gasteiger partial charge >= 0.3 is 0 Å². The first-order valence-corrected chi connectivity index (χ1v) is 16.1. The topological polar surface area (TPSA) is 49.0 Å². The smallest absolute Gasteiger partial charge is 0.0597 e. The van der Waals surface area contributed by atoms with E-state index in [1.807, 2.05) is 0 Å². The lowest BCUT2D eigenvalue weighted by atomic mass is 9.79. The number of piperazine rings is 1. The van der Waals surface area contributed by atoms with Crippen LogP contribution in [0, 0.1) is 16.2 Å². The molecular weight excluding hydrogens is 484 g/mol. The second kappa shape index (κ2) is 17.7. The van der Waals surface area contributed by atoms with Crippen LogP contribution in [0.4, 0.5) is 0 Å². The molecule has 0 aromatic carbocycles. The van der Waals surface area contributed by atoms with Crippen LogP contribution in [0.15, 0.2) is 0 Å². The second-order valence-corrected chi connectivity index (χ2v) is 15.9. The molecule has 6 heteroatoms. The van der Waals surface area contributed by atoms with E-state index in [4.69, 9.17) is 9.47 Å². The van der Waals surface area contributed by atoms with Gasteiger partial charge in [0, 0.05) is 58.0 Å². The summed E-state index contributed by atoms with van der Waals surface area (Å²) in [5.41, 5.74) is 1.07. The van der Waals surface area contributed by atoms with E-state index in [0.29, 0.717) is 10.8 Å². The molecule has 0 aromatic heterocycles. The maximum Gasteiger partial charge on any atom is 0.0597 e. The molecule has 1 heterocycles. The normalized spacial score (nSPS) is 17.6. The van der Waals surface area contributed by atoms with Crippen LogP contribution in [0.2, 0.25) is 0 Å². The first kappa shape index (κ1) is 36.8. The molecule has 39 heavy (non-hydrogen) atoms. The lowest BCUT2D eigenvalue weighted by molar-refractivity contribution is -0.0278. The molecule has 0 amide bonds. The van der Waals surface area contributed by atoms with Crippen LogP contribution >= 0.6 is 0 Å². The third kappa shape index (κ3) is 19.5. The molecule has 0 radical (unpaired) electrons. The predicted octanol–water partition coefficient (Wildman–Crippen LogP) is 6.05. The van der Waals surface area contributed by atoms with Crippen LogP contribution in [0.3, 0.4) is 0 Å². The molecule has 1 aliphatic heterocycles. The van der Waals surface area contributed by atoms with Gasteiger partial charge in [-0.2, -0.15) is 0 Å². The minimum absolute atomic E-state index is 0.150. The van der Waals surface area contributed by atoms with E-state index in [0.717, 1.165) is 58.7 Å². The van der Waals surface area contributed by atoms with E-state index in [1.54, 1.807) is 0 Å². The van der Waals surface area contributed by atoms with Gasteiger partial charge in [0.25, 0.3) is 0 Å². The van der Waals surface area contributed by atoms with Gasteiger partial charge in [-0.3, -0.25) is 0 Å². The number of hydrogen-bond acceptors (Lipinski definition) is 6. The standard InChI is InChI=1S/C33H70N4O2/c1-29(39-26-13-25-38-27-18-34-28-31(5,6)7)32(8,9)14-15-33(10,11)35-17-12-19-36-21-23-37(24-22-36)20-16-30(2,3)4/h29,34-35H,12-28H2,1-11H3/t29-/m1/s1. The molecule has 0 spiro atoms. The maximum absolute atomic E-state index is 6.22. The quantitative estimate of drug-likeness (QED) is 0.179. The molecule has 1 aliphatic rings. The van der Waals surface area contributed by atoms with Crippen molar-refractivity contribution in [1.29, 1.82) is 0 Å². The van der Waals surface area contributed by atoms with Gasteiger partial charge in [-0.1, -0.05) is 55.4 Å². The van der Waals surface area contributed by atoms with E-state index in [9.17, 15) is 0 Å².